The maximum absolute atomic E-state index is 5.43. The molecule has 25 heavy (non-hydrogen) atoms. The standard InChI is InChI=1S/C18H27N5O2/c1-19-18(21-11-15-12-22-6-8-23(15)9-7-22)20-5-4-14-2-3-16-17(10-14)25-13-24-16/h2-3,10,15H,4-9,11-13H2,1H3,(H2,19,20,21). The van der Waals surface area contributed by atoms with Crippen LogP contribution in [0.5, 0.6) is 11.5 Å². The van der Waals surface area contributed by atoms with Gasteiger partial charge in [-0.2, -0.15) is 0 Å². The van der Waals surface area contributed by atoms with Crippen molar-refractivity contribution in [3.05, 3.63) is 23.8 Å². The molecule has 0 aliphatic carbocycles. The van der Waals surface area contributed by atoms with E-state index in [2.05, 4.69) is 37.6 Å². The van der Waals surface area contributed by atoms with Gasteiger partial charge >= 0.3 is 0 Å². The van der Waals surface area contributed by atoms with Crippen LogP contribution in [0, 0.1) is 0 Å². The van der Waals surface area contributed by atoms with E-state index in [0.29, 0.717) is 12.8 Å². The number of ether oxygens (including phenoxy) is 2. The highest BCUT2D eigenvalue weighted by atomic mass is 16.7. The summed E-state index contributed by atoms with van der Waals surface area (Å²) in [6, 6.07) is 6.72. The van der Waals surface area contributed by atoms with Crippen LogP contribution in [0.25, 0.3) is 0 Å². The predicted molar refractivity (Wildman–Crippen MR) is 97.4 cm³/mol. The van der Waals surface area contributed by atoms with E-state index < -0.39 is 0 Å². The zero-order valence-electron chi connectivity index (χ0n) is 14.8. The molecule has 3 saturated heterocycles. The van der Waals surface area contributed by atoms with Crippen molar-refractivity contribution in [3.63, 3.8) is 0 Å². The minimum Gasteiger partial charge on any atom is -0.454 e. The summed E-state index contributed by atoms with van der Waals surface area (Å²) < 4.78 is 10.8. The molecule has 0 aromatic heterocycles. The molecule has 1 aromatic carbocycles. The molecule has 4 heterocycles. The highest BCUT2D eigenvalue weighted by Gasteiger charge is 2.31. The van der Waals surface area contributed by atoms with Crippen molar-refractivity contribution in [1.29, 1.82) is 0 Å². The SMILES string of the molecule is CN=C(NCCc1ccc2c(c1)OCO2)NCC1CN2CCN1CC2. The van der Waals surface area contributed by atoms with E-state index in [9.17, 15) is 0 Å². The number of nitrogens with one attached hydrogen (secondary N) is 2. The first-order valence-electron chi connectivity index (χ1n) is 9.11. The second-order valence-electron chi connectivity index (χ2n) is 6.81. The Kier molecular flexibility index (Phi) is 4.94. The van der Waals surface area contributed by atoms with Crippen LogP contribution in [0.15, 0.2) is 23.2 Å². The molecule has 7 nitrogen and oxygen atoms in total. The van der Waals surface area contributed by atoms with Crippen molar-refractivity contribution in [2.45, 2.75) is 12.5 Å². The molecule has 136 valence electrons. The molecule has 7 heteroatoms. The molecule has 1 atom stereocenters. The Balaban J connectivity index is 1.21. The zero-order chi connectivity index (χ0) is 17.1. The molecule has 1 aromatic rings. The number of guanidine groups is 1. The lowest BCUT2D eigenvalue weighted by atomic mass is 10.1. The van der Waals surface area contributed by atoms with E-state index in [-0.39, 0.29) is 0 Å². The monoisotopic (exact) mass is 345 g/mol. The highest BCUT2D eigenvalue weighted by Crippen LogP contribution is 2.32. The number of rotatable bonds is 5. The third kappa shape index (κ3) is 3.82. The van der Waals surface area contributed by atoms with Gasteiger partial charge in [-0.3, -0.25) is 14.8 Å². The van der Waals surface area contributed by atoms with E-state index >= 15 is 0 Å². The molecular weight excluding hydrogens is 318 g/mol. The lowest BCUT2D eigenvalue weighted by Gasteiger charge is -2.47. The van der Waals surface area contributed by atoms with Gasteiger partial charge in [-0.1, -0.05) is 6.07 Å². The molecular formula is C18H27N5O2. The molecule has 0 radical (unpaired) electrons. The van der Waals surface area contributed by atoms with Crippen LogP contribution < -0.4 is 20.1 Å². The van der Waals surface area contributed by atoms with Gasteiger partial charge in [0.2, 0.25) is 6.79 Å². The summed E-state index contributed by atoms with van der Waals surface area (Å²) in [5.74, 6) is 2.55. The molecule has 5 rings (SSSR count). The molecule has 4 aliphatic heterocycles. The van der Waals surface area contributed by atoms with Gasteiger partial charge in [0.25, 0.3) is 0 Å². The number of hydrogen-bond donors (Lipinski definition) is 2. The average molecular weight is 345 g/mol. The van der Waals surface area contributed by atoms with Crippen LogP contribution in [0.2, 0.25) is 0 Å². The summed E-state index contributed by atoms with van der Waals surface area (Å²) in [7, 11) is 1.83. The van der Waals surface area contributed by atoms with E-state index in [1.807, 2.05) is 13.1 Å². The number of fused-ring (bicyclic) bond motifs is 4. The fourth-order valence-electron chi connectivity index (χ4n) is 3.78. The van der Waals surface area contributed by atoms with Crippen molar-refractivity contribution < 1.29 is 9.47 Å². The second-order valence-corrected chi connectivity index (χ2v) is 6.81. The summed E-state index contributed by atoms with van der Waals surface area (Å²) >= 11 is 0. The van der Waals surface area contributed by atoms with Gasteiger partial charge in [0.05, 0.1) is 0 Å². The van der Waals surface area contributed by atoms with Crippen LogP contribution in [0.4, 0.5) is 0 Å². The quantitative estimate of drug-likeness (QED) is 0.584. The predicted octanol–water partition coefficient (Wildman–Crippen LogP) is 0.123. The van der Waals surface area contributed by atoms with Crippen LogP contribution in [0.3, 0.4) is 0 Å². The topological polar surface area (TPSA) is 61.4 Å². The Hall–Kier alpha value is -1.99. The van der Waals surface area contributed by atoms with E-state index in [0.717, 1.165) is 37.0 Å². The van der Waals surface area contributed by atoms with E-state index in [1.54, 1.807) is 0 Å². The third-order valence-electron chi connectivity index (χ3n) is 5.26. The smallest absolute Gasteiger partial charge is 0.231 e. The lowest BCUT2D eigenvalue weighted by Crippen LogP contribution is -2.63. The first-order chi connectivity index (χ1) is 12.3. The van der Waals surface area contributed by atoms with Crippen LogP contribution in [-0.2, 0) is 6.42 Å². The molecule has 0 amide bonds. The summed E-state index contributed by atoms with van der Waals surface area (Å²) in [4.78, 5) is 9.49. The largest absolute Gasteiger partial charge is 0.454 e. The summed E-state index contributed by atoms with van der Waals surface area (Å²) in [6.07, 6.45) is 0.917. The van der Waals surface area contributed by atoms with Gasteiger partial charge in [-0.15, -0.1) is 0 Å². The van der Waals surface area contributed by atoms with E-state index in [1.165, 1.54) is 38.3 Å². The van der Waals surface area contributed by atoms with Gasteiger partial charge < -0.3 is 20.1 Å². The zero-order valence-corrected chi connectivity index (χ0v) is 14.8. The molecule has 2 N–H and O–H groups in total. The Morgan fingerprint density at radius 1 is 1.16 bits per heavy atom. The third-order valence-corrected chi connectivity index (χ3v) is 5.26. The van der Waals surface area contributed by atoms with Crippen molar-refractivity contribution in [2.75, 3.05) is 59.7 Å². The molecule has 1 unspecified atom stereocenters. The maximum atomic E-state index is 5.43. The fraction of sp³-hybridized carbons (Fsp3) is 0.611. The molecule has 3 fully saturated rings. The Labute approximate surface area is 149 Å². The first kappa shape index (κ1) is 16.5. The summed E-state index contributed by atoms with van der Waals surface area (Å²) in [5.41, 5.74) is 1.23. The molecule has 2 bridgehead atoms. The normalized spacial score (nSPS) is 27.4. The minimum absolute atomic E-state index is 0.323. The van der Waals surface area contributed by atoms with Crippen molar-refractivity contribution in [1.82, 2.24) is 20.4 Å². The lowest BCUT2D eigenvalue weighted by molar-refractivity contribution is 0.0154. The number of benzene rings is 1. The Morgan fingerprint density at radius 2 is 2.00 bits per heavy atom. The minimum atomic E-state index is 0.323. The number of piperazine rings is 3. The Bertz CT molecular complexity index is 628. The second kappa shape index (κ2) is 7.49. The van der Waals surface area contributed by atoms with Gasteiger partial charge in [-0.05, 0) is 24.1 Å². The number of aliphatic imine (C=N–C) groups is 1. The van der Waals surface area contributed by atoms with Gasteiger partial charge in [0.1, 0.15) is 0 Å². The summed E-state index contributed by atoms with van der Waals surface area (Å²) in [5, 5.41) is 6.88. The highest BCUT2D eigenvalue weighted by molar-refractivity contribution is 5.79. The molecule has 4 aliphatic rings. The van der Waals surface area contributed by atoms with Crippen LogP contribution in [-0.4, -0.2) is 81.5 Å². The van der Waals surface area contributed by atoms with Crippen molar-refractivity contribution >= 4 is 5.96 Å². The van der Waals surface area contributed by atoms with Gasteiger partial charge in [-0.25, -0.2) is 0 Å². The van der Waals surface area contributed by atoms with Crippen LogP contribution in [0.1, 0.15) is 5.56 Å². The molecule has 0 spiro atoms. The average Bonchev–Trinajstić information content (AvgIpc) is 3.13. The maximum Gasteiger partial charge on any atom is 0.231 e. The van der Waals surface area contributed by atoms with E-state index in [4.69, 9.17) is 9.47 Å². The van der Waals surface area contributed by atoms with Crippen molar-refractivity contribution in [3.8, 4) is 11.5 Å². The Morgan fingerprint density at radius 3 is 2.76 bits per heavy atom. The molecule has 0 saturated carbocycles. The summed E-state index contributed by atoms with van der Waals surface area (Å²) in [6.45, 7) is 8.10. The van der Waals surface area contributed by atoms with Crippen LogP contribution >= 0.6 is 0 Å². The van der Waals surface area contributed by atoms with Gasteiger partial charge in [0.15, 0.2) is 17.5 Å². The van der Waals surface area contributed by atoms with Crippen molar-refractivity contribution in [2.24, 2.45) is 4.99 Å². The first-order valence-corrected chi connectivity index (χ1v) is 9.11. The van der Waals surface area contributed by atoms with Gasteiger partial charge in [0, 0.05) is 58.9 Å². The fourth-order valence-corrected chi connectivity index (χ4v) is 3.78. The number of hydrogen-bond acceptors (Lipinski definition) is 5. The number of nitrogens with zero attached hydrogens (tertiary/aromatic N) is 3.